The number of aryl methyl sites for hydroxylation is 1. The molecule has 0 radical (unpaired) electrons. The van der Waals surface area contributed by atoms with Gasteiger partial charge < -0.3 is 19.2 Å². The molecule has 28 heavy (non-hydrogen) atoms. The number of imide groups is 1. The number of urea groups is 1. The van der Waals surface area contributed by atoms with Gasteiger partial charge in [-0.25, -0.2) is 9.78 Å². The van der Waals surface area contributed by atoms with E-state index >= 15 is 0 Å². The molecule has 8 heteroatoms. The van der Waals surface area contributed by atoms with Crippen molar-refractivity contribution in [3.05, 3.63) is 59.5 Å². The van der Waals surface area contributed by atoms with Gasteiger partial charge in [0, 0.05) is 12.4 Å². The molecule has 5 rings (SSSR count). The summed E-state index contributed by atoms with van der Waals surface area (Å²) in [6.45, 7) is 3.94. The number of ether oxygens (including phenoxy) is 2. The number of hydrogen-bond donors (Lipinski definition) is 1. The Balaban J connectivity index is 1.45. The first kappa shape index (κ1) is 16.6. The second-order valence-corrected chi connectivity index (χ2v) is 7.22. The summed E-state index contributed by atoms with van der Waals surface area (Å²) >= 11 is 0. The number of imidazole rings is 1. The van der Waals surface area contributed by atoms with Crippen molar-refractivity contribution < 1.29 is 19.1 Å². The Bertz CT molecular complexity index is 1140. The van der Waals surface area contributed by atoms with E-state index in [-0.39, 0.29) is 19.2 Å². The number of pyridine rings is 1. The molecule has 0 bridgehead atoms. The topological polar surface area (TPSA) is 85.2 Å². The minimum Gasteiger partial charge on any atom is -0.454 e. The third kappa shape index (κ3) is 2.41. The predicted octanol–water partition coefficient (Wildman–Crippen LogP) is 2.34. The van der Waals surface area contributed by atoms with Crippen molar-refractivity contribution in [1.29, 1.82) is 0 Å². The molecular formula is C20H18N4O4. The number of benzene rings is 1. The maximum Gasteiger partial charge on any atom is 0.325 e. The lowest BCUT2D eigenvalue weighted by molar-refractivity contribution is -0.131. The minimum absolute atomic E-state index is 0.103. The summed E-state index contributed by atoms with van der Waals surface area (Å²) in [5.41, 5.74) is 1.98. The van der Waals surface area contributed by atoms with E-state index in [2.05, 4.69) is 10.3 Å². The standard InChI is InChI=1S/C20H18N4O4/c1-12-3-6-17-21-14(9-23(17)8-12)10-24-18(25)20(2,22-19(24)26)13-4-5-15-16(7-13)28-11-27-15/h3-9H,10-11H2,1-2H3,(H,22,26)/t20-/m0/s1. The third-order valence-corrected chi connectivity index (χ3v) is 5.19. The molecule has 0 spiro atoms. The summed E-state index contributed by atoms with van der Waals surface area (Å²) in [6.07, 6.45) is 3.79. The van der Waals surface area contributed by atoms with Crippen molar-refractivity contribution in [2.75, 3.05) is 6.79 Å². The van der Waals surface area contributed by atoms with Crippen LogP contribution in [0.1, 0.15) is 23.7 Å². The van der Waals surface area contributed by atoms with Crippen molar-refractivity contribution in [1.82, 2.24) is 19.6 Å². The zero-order valence-electron chi connectivity index (χ0n) is 15.4. The number of carbonyl (C=O) groups excluding carboxylic acids is 2. The molecule has 0 saturated carbocycles. The van der Waals surface area contributed by atoms with Crippen molar-refractivity contribution in [2.45, 2.75) is 25.9 Å². The van der Waals surface area contributed by atoms with E-state index in [1.165, 1.54) is 4.90 Å². The Hall–Kier alpha value is -3.55. The molecule has 1 fully saturated rings. The monoisotopic (exact) mass is 378 g/mol. The summed E-state index contributed by atoms with van der Waals surface area (Å²) in [4.78, 5) is 31.4. The molecule has 1 N–H and O–H groups in total. The summed E-state index contributed by atoms with van der Waals surface area (Å²) in [7, 11) is 0. The molecule has 1 atom stereocenters. The fourth-order valence-electron chi connectivity index (χ4n) is 3.64. The molecule has 3 amide bonds. The molecule has 0 unspecified atom stereocenters. The molecule has 2 aromatic heterocycles. The average Bonchev–Trinajstić information content (AvgIpc) is 3.34. The van der Waals surface area contributed by atoms with Gasteiger partial charge in [-0.3, -0.25) is 9.69 Å². The Morgan fingerprint density at radius 3 is 2.82 bits per heavy atom. The first-order valence-electron chi connectivity index (χ1n) is 8.92. The second-order valence-electron chi connectivity index (χ2n) is 7.22. The van der Waals surface area contributed by atoms with E-state index in [0.29, 0.717) is 22.8 Å². The van der Waals surface area contributed by atoms with Gasteiger partial charge in [-0.05, 0) is 43.2 Å². The maximum atomic E-state index is 13.1. The zero-order valence-corrected chi connectivity index (χ0v) is 15.4. The molecule has 0 aliphatic carbocycles. The Kier molecular flexibility index (Phi) is 3.39. The predicted molar refractivity (Wildman–Crippen MR) is 98.9 cm³/mol. The van der Waals surface area contributed by atoms with E-state index in [9.17, 15) is 9.59 Å². The first-order chi connectivity index (χ1) is 13.4. The van der Waals surface area contributed by atoms with Crippen molar-refractivity contribution in [3.63, 3.8) is 0 Å². The number of carbonyl (C=O) groups is 2. The Morgan fingerprint density at radius 1 is 1.14 bits per heavy atom. The van der Waals surface area contributed by atoms with E-state index in [4.69, 9.17) is 9.47 Å². The van der Waals surface area contributed by atoms with Crippen LogP contribution in [0.15, 0.2) is 42.7 Å². The van der Waals surface area contributed by atoms with Crippen molar-refractivity contribution in [2.24, 2.45) is 0 Å². The largest absolute Gasteiger partial charge is 0.454 e. The number of hydrogen-bond acceptors (Lipinski definition) is 5. The number of aromatic nitrogens is 2. The lowest BCUT2D eigenvalue weighted by atomic mass is 9.91. The van der Waals surface area contributed by atoms with Gasteiger partial charge in [0.05, 0.1) is 12.2 Å². The van der Waals surface area contributed by atoms with Gasteiger partial charge in [0.1, 0.15) is 11.2 Å². The summed E-state index contributed by atoms with van der Waals surface area (Å²) in [5.74, 6) is 0.862. The SMILES string of the molecule is Cc1ccc2nc(CN3C(=O)N[C@@](C)(c4ccc5c(c4)OCO5)C3=O)cn2c1. The Morgan fingerprint density at radius 2 is 1.96 bits per heavy atom. The van der Waals surface area contributed by atoms with Crippen LogP contribution in [0.2, 0.25) is 0 Å². The van der Waals surface area contributed by atoms with Crippen LogP contribution in [0.3, 0.4) is 0 Å². The molecule has 142 valence electrons. The zero-order chi connectivity index (χ0) is 19.5. The molecule has 2 aliphatic rings. The van der Waals surface area contributed by atoms with Gasteiger partial charge in [0.25, 0.3) is 5.91 Å². The molecule has 2 aliphatic heterocycles. The third-order valence-electron chi connectivity index (χ3n) is 5.19. The summed E-state index contributed by atoms with van der Waals surface area (Å²) in [5, 5.41) is 2.81. The fraction of sp³-hybridized carbons (Fsp3) is 0.250. The van der Waals surface area contributed by atoms with Gasteiger partial charge in [0.2, 0.25) is 6.79 Å². The van der Waals surface area contributed by atoms with Crippen LogP contribution >= 0.6 is 0 Å². The molecule has 3 aromatic rings. The van der Waals surface area contributed by atoms with Crippen LogP contribution in [-0.2, 0) is 16.9 Å². The lowest BCUT2D eigenvalue weighted by Gasteiger charge is -2.22. The second kappa shape index (κ2) is 5.72. The highest BCUT2D eigenvalue weighted by Gasteiger charge is 2.49. The molecule has 1 aromatic carbocycles. The minimum atomic E-state index is -1.17. The van der Waals surface area contributed by atoms with Gasteiger partial charge in [-0.15, -0.1) is 0 Å². The summed E-state index contributed by atoms with van der Waals surface area (Å²) < 4.78 is 12.6. The Labute approximate surface area is 160 Å². The van der Waals surface area contributed by atoms with Gasteiger partial charge in [-0.2, -0.15) is 0 Å². The maximum absolute atomic E-state index is 13.1. The van der Waals surface area contributed by atoms with Crippen molar-refractivity contribution in [3.8, 4) is 11.5 Å². The fourth-order valence-corrected chi connectivity index (χ4v) is 3.64. The smallest absolute Gasteiger partial charge is 0.325 e. The highest BCUT2D eigenvalue weighted by molar-refractivity contribution is 6.07. The van der Waals surface area contributed by atoms with E-state index < -0.39 is 11.6 Å². The van der Waals surface area contributed by atoms with Crippen molar-refractivity contribution >= 4 is 17.6 Å². The molecular weight excluding hydrogens is 360 g/mol. The lowest BCUT2D eigenvalue weighted by Crippen LogP contribution is -2.40. The molecule has 1 saturated heterocycles. The van der Waals surface area contributed by atoms with Gasteiger partial charge in [-0.1, -0.05) is 12.1 Å². The highest BCUT2D eigenvalue weighted by atomic mass is 16.7. The number of nitrogens with zero attached hydrogens (tertiary/aromatic N) is 3. The van der Waals surface area contributed by atoms with Crippen LogP contribution in [-0.4, -0.2) is 33.0 Å². The van der Waals surface area contributed by atoms with Crippen LogP contribution in [0.5, 0.6) is 11.5 Å². The number of amides is 3. The van der Waals surface area contributed by atoms with Crippen LogP contribution in [0.25, 0.3) is 5.65 Å². The van der Waals surface area contributed by atoms with Gasteiger partial charge >= 0.3 is 6.03 Å². The van der Waals surface area contributed by atoms with Crippen LogP contribution < -0.4 is 14.8 Å². The van der Waals surface area contributed by atoms with E-state index in [1.54, 1.807) is 25.1 Å². The summed E-state index contributed by atoms with van der Waals surface area (Å²) in [6, 6.07) is 8.67. The van der Waals surface area contributed by atoms with E-state index in [0.717, 1.165) is 11.2 Å². The van der Waals surface area contributed by atoms with Gasteiger partial charge in [0.15, 0.2) is 11.5 Å². The average molecular weight is 378 g/mol. The molecule has 4 heterocycles. The number of nitrogens with one attached hydrogen (secondary N) is 1. The molecule has 8 nitrogen and oxygen atoms in total. The van der Waals surface area contributed by atoms with E-state index in [1.807, 2.05) is 35.9 Å². The quantitative estimate of drug-likeness (QED) is 0.707. The first-order valence-corrected chi connectivity index (χ1v) is 8.92. The number of rotatable bonds is 3. The van der Waals surface area contributed by atoms with Crippen LogP contribution in [0, 0.1) is 6.92 Å². The normalized spacial score (nSPS) is 20.9. The number of fused-ring (bicyclic) bond motifs is 2. The van der Waals surface area contributed by atoms with Crippen LogP contribution in [0.4, 0.5) is 4.79 Å². The highest BCUT2D eigenvalue weighted by Crippen LogP contribution is 2.38.